The lowest BCUT2D eigenvalue weighted by atomic mass is 10.2. The Morgan fingerprint density at radius 3 is 2.48 bits per heavy atom. The highest BCUT2D eigenvalue weighted by Crippen LogP contribution is 2.15. The van der Waals surface area contributed by atoms with E-state index < -0.39 is 10.8 Å². The molecular formula is C15H12ClN3O4. The summed E-state index contributed by atoms with van der Waals surface area (Å²) in [5.41, 5.74) is 2.90. The van der Waals surface area contributed by atoms with E-state index in [0.29, 0.717) is 16.3 Å². The van der Waals surface area contributed by atoms with E-state index in [1.54, 1.807) is 24.3 Å². The molecule has 0 heterocycles. The third kappa shape index (κ3) is 5.40. The van der Waals surface area contributed by atoms with Crippen molar-refractivity contribution in [2.45, 2.75) is 0 Å². The summed E-state index contributed by atoms with van der Waals surface area (Å²) in [5, 5.41) is 14.8. The average Bonchev–Trinajstić information content (AvgIpc) is 2.55. The average molecular weight is 334 g/mol. The van der Waals surface area contributed by atoms with Gasteiger partial charge in [0.25, 0.3) is 11.6 Å². The maximum atomic E-state index is 11.6. The van der Waals surface area contributed by atoms with E-state index in [2.05, 4.69) is 10.5 Å². The minimum absolute atomic E-state index is 0.0115. The number of hydrazone groups is 1. The molecule has 0 aliphatic heterocycles. The number of hydrogen-bond acceptors (Lipinski definition) is 5. The van der Waals surface area contributed by atoms with Crippen LogP contribution in [0.15, 0.2) is 53.6 Å². The predicted octanol–water partition coefficient (Wildman–Crippen LogP) is 2.78. The second-order valence-corrected chi connectivity index (χ2v) is 4.82. The molecule has 0 saturated heterocycles. The molecule has 0 aliphatic carbocycles. The summed E-state index contributed by atoms with van der Waals surface area (Å²) in [6, 6.07) is 12.4. The summed E-state index contributed by atoms with van der Waals surface area (Å²) in [7, 11) is 0. The number of nitro groups is 1. The van der Waals surface area contributed by atoms with Crippen molar-refractivity contribution in [2.24, 2.45) is 5.10 Å². The van der Waals surface area contributed by atoms with E-state index in [9.17, 15) is 14.9 Å². The van der Waals surface area contributed by atoms with E-state index in [4.69, 9.17) is 16.3 Å². The van der Waals surface area contributed by atoms with Crippen LogP contribution in [-0.4, -0.2) is 23.7 Å². The molecule has 1 N–H and O–H groups in total. The summed E-state index contributed by atoms with van der Waals surface area (Å²) in [6.45, 7) is -0.195. The number of halogens is 1. The molecule has 7 nitrogen and oxygen atoms in total. The van der Waals surface area contributed by atoms with Gasteiger partial charge in [0.2, 0.25) is 0 Å². The molecule has 0 unspecified atom stereocenters. The Balaban J connectivity index is 1.79. The molecule has 118 valence electrons. The summed E-state index contributed by atoms with van der Waals surface area (Å²) in [4.78, 5) is 21.6. The Bertz CT molecular complexity index is 715. The zero-order chi connectivity index (χ0) is 16.7. The molecular weight excluding hydrogens is 322 g/mol. The van der Waals surface area contributed by atoms with Crippen molar-refractivity contribution < 1.29 is 14.5 Å². The van der Waals surface area contributed by atoms with Crippen molar-refractivity contribution in [1.82, 2.24) is 5.43 Å². The lowest BCUT2D eigenvalue weighted by molar-refractivity contribution is -0.384. The van der Waals surface area contributed by atoms with Gasteiger partial charge in [-0.1, -0.05) is 11.6 Å². The number of nitrogens with one attached hydrogen (secondary N) is 1. The molecule has 2 rings (SSSR count). The van der Waals surface area contributed by atoms with Crippen LogP contribution in [-0.2, 0) is 4.79 Å². The number of carbonyl (C=O) groups excluding carboxylic acids is 1. The number of nitro benzene ring substituents is 1. The molecule has 0 aliphatic rings. The molecule has 23 heavy (non-hydrogen) atoms. The first-order valence-corrected chi connectivity index (χ1v) is 6.87. The maximum Gasteiger partial charge on any atom is 0.277 e. The molecule has 0 aromatic heterocycles. The highest BCUT2D eigenvalue weighted by atomic mass is 35.5. The smallest absolute Gasteiger partial charge is 0.277 e. The van der Waals surface area contributed by atoms with E-state index in [-0.39, 0.29) is 12.3 Å². The fraction of sp³-hybridized carbons (Fsp3) is 0.0667. The third-order valence-corrected chi connectivity index (χ3v) is 2.94. The van der Waals surface area contributed by atoms with Gasteiger partial charge in [0.1, 0.15) is 5.75 Å². The van der Waals surface area contributed by atoms with Gasteiger partial charge in [0.05, 0.1) is 11.1 Å². The predicted molar refractivity (Wildman–Crippen MR) is 85.8 cm³/mol. The molecule has 0 saturated carbocycles. The van der Waals surface area contributed by atoms with Crippen LogP contribution in [0.2, 0.25) is 5.02 Å². The topological polar surface area (TPSA) is 93.8 Å². The molecule has 0 radical (unpaired) electrons. The lowest BCUT2D eigenvalue weighted by Crippen LogP contribution is -2.24. The molecule has 0 spiro atoms. The normalized spacial score (nSPS) is 10.5. The largest absolute Gasteiger partial charge is 0.484 e. The summed E-state index contributed by atoms with van der Waals surface area (Å²) < 4.78 is 5.25. The Morgan fingerprint density at radius 1 is 1.22 bits per heavy atom. The van der Waals surface area contributed by atoms with Crippen molar-refractivity contribution in [3.8, 4) is 5.75 Å². The van der Waals surface area contributed by atoms with Gasteiger partial charge < -0.3 is 4.74 Å². The number of carbonyl (C=O) groups is 1. The van der Waals surface area contributed by atoms with Crippen LogP contribution in [0.1, 0.15) is 5.56 Å². The molecule has 2 aromatic rings. The number of nitrogens with zero attached hydrogens (tertiary/aromatic N) is 2. The Morgan fingerprint density at radius 2 is 1.87 bits per heavy atom. The van der Waals surface area contributed by atoms with Gasteiger partial charge in [-0.05, 0) is 42.0 Å². The van der Waals surface area contributed by atoms with Crippen LogP contribution in [0.25, 0.3) is 0 Å². The van der Waals surface area contributed by atoms with Crippen LogP contribution < -0.4 is 10.2 Å². The van der Waals surface area contributed by atoms with E-state index in [1.807, 2.05) is 0 Å². The van der Waals surface area contributed by atoms with E-state index >= 15 is 0 Å². The first kappa shape index (κ1) is 16.4. The van der Waals surface area contributed by atoms with Crippen molar-refractivity contribution in [2.75, 3.05) is 6.61 Å². The molecule has 0 atom stereocenters. The molecule has 0 fully saturated rings. The van der Waals surface area contributed by atoms with Gasteiger partial charge in [-0.2, -0.15) is 5.10 Å². The molecule has 1 amide bonds. The number of non-ortho nitro benzene ring substituents is 1. The van der Waals surface area contributed by atoms with Crippen LogP contribution in [0.4, 0.5) is 5.69 Å². The zero-order valence-corrected chi connectivity index (χ0v) is 12.6. The van der Waals surface area contributed by atoms with E-state index in [0.717, 1.165) is 0 Å². The highest BCUT2D eigenvalue weighted by Gasteiger charge is 2.03. The molecule has 0 bridgehead atoms. The minimum Gasteiger partial charge on any atom is -0.484 e. The van der Waals surface area contributed by atoms with Gasteiger partial charge in [-0.3, -0.25) is 14.9 Å². The fourth-order valence-electron chi connectivity index (χ4n) is 1.57. The second-order valence-electron chi connectivity index (χ2n) is 4.38. The van der Waals surface area contributed by atoms with Crippen molar-refractivity contribution in [3.63, 3.8) is 0 Å². The van der Waals surface area contributed by atoms with Gasteiger partial charge in [0.15, 0.2) is 6.61 Å². The number of ether oxygens (including phenoxy) is 1. The number of rotatable bonds is 6. The highest BCUT2D eigenvalue weighted by molar-refractivity contribution is 6.30. The first-order valence-electron chi connectivity index (χ1n) is 6.49. The quantitative estimate of drug-likeness (QED) is 0.499. The third-order valence-electron chi connectivity index (χ3n) is 2.69. The van der Waals surface area contributed by atoms with Crippen LogP contribution >= 0.6 is 11.6 Å². The number of hydrogen-bond donors (Lipinski definition) is 1. The SMILES string of the molecule is O=C(COc1ccc(Cl)cc1)N/N=C/c1ccc([N+](=O)[O-])cc1. The van der Waals surface area contributed by atoms with Crippen LogP contribution in [0, 0.1) is 10.1 Å². The fourth-order valence-corrected chi connectivity index (χ4v) is 1.70. The van der Waals surface area contributed by atoms with Gasteiger partial charge in [-0.25, -0.2) is 5.43 Å². The van der Waals surface area contributed by atoms with Crippen molar-refractivity contribution in [3.05, 3.63) is 69.2 Å². The van der Waals surface area contributed by atoms with Crippen molar-refractivity contribution >= 4 is 29.4 Å². The zero-order valence-electron chi connectivity index (χ0n) is 11.8. The Labute approximate surface area is 136 Å². The van der Waals surface area contributed by atoms with Gasteiger partial charge in [-0.15, -0.1) is 0 Å². The number of benzene rings is 2. The molecule has 2 aromatic carbocycles. The molecule has 8 heteroatoms. The van der Waals surface area contributed by atoms with Gasteiger partial charge >= 0.3 is 0 Å². The van der Waals surface area contributed by atoms with Crippen molar-refractivity contribution in [1.29, 1.82) is 0 Å². The van der Waals surface area contributed by atoms with Crippen LogP contribution in [0.5, 0.6) is 5.75 Å². The minimum atomic E-state index is -0.489. The Kier molecular flexibility index (Phi) is 5.65. The standard InChI is InChI=1S/C15H12ClN3O4/c16-12-3-7-14(8-4-12)23-10-15(20)18-17-9-11-1-5-13(6-2-11)19(21)22/h1-9H,10H2,(H,18,20)/b17-9+. The van der Waals surface area contributed by atoms with Gasteiger partial charge in [0, 0.05) is 17.2 Å². The lowest BCUT2D eigenvalue weighted by Gasteiger charge is -2.04. The van der Waals surface area contributed by atoms with Crippen LogP contribution in [0.3, 0.4) is 0 Å². The number of amides is 1. The Hall–Kier alpha value is -2.93. The van der Waals surface area contributed by atoms with E-state index in [1.165, 1.54) is 30.5 Å². The second kappa shape index (κ2) is 7.90. The maximum absolute atomic E-state index is 11.6. The first-order chi connectivity index (χ1) is 11.0. The monoisotopic (exact) mass is 333 g/mol. The summed E-state index contributed by atoms with van der Waals surface area (Å²) >= 11 is 5.74. The summed E-state index contributed by atoms with van der Waals surface area (Å²) in [5.74, 6) is 0.0852. The summed E-state index contributed by atoms with van der Waals surface area (Å²) in [6.07, 6.45) is 1.38.